The van der Waals surface area contributed by atoms with E-state index in [9.17, 15) is 0 Å². The molecule has 2 nitrogen and oxygen atoms in total. The number of methoxy groups -OCH3 is 1. The quantitative estimate of drug-likeness (QED) is 0.600. The number of thioether (sulfide) groups is 2. The van der Waals surface area contributed by atoms with Crippen LogP contribution >= 0.6 is 23.5 Å². The summed E-state index contributed by atoms with van der Waals surface area (Å²) in [6, 6.07) is 17.0. The second-order valence-electron chi connectivity index (χ2n) is 6.14. The number of hydrogen-bond acceptors (Lipinski definition) is 3. The minimum atomic E-state index is 0.331. The number of para-hydroxylation sites is 1. The van der Waals surface area contributed by atoms with E-state index in [1.807, 2.05) is 23.5 Å². The van der Waals surface area contributed by atoms with Gasteiger partial charge in [-0.3, -0.25) is 0 Å². The monoisotopic (exact) mass is 367 g/mol. The van der Waals surface area contributed by atoms with Gasteiger partial charge in [-0.1, -0.05) is 37.3 Å². The maximum Gasteiger partial charge on any atom is 0.118 e. The molecule has 4 rings (SSSR count). The van der Waals surface area contributed by atoms with E-state index in [2.05, 4.69) is 66.6 Å². The van der Waals surface area contributed by atoms with Crippen LogP contribution in [0.25, 0.3) is 16.5 Å². The Bertz CT molecular complexity index is 903. The number of allylic oxidation sites excluding steroid dienone is 1. The van der Waals surface area contributed by atoms with Gasteiger partial charge in [-0.25, -0.2) is 0 Å². The molecule has 1 aromatic heterocycles. The molecule has 1 fully saturated rings. The first kappa shape index (κ1) is 16.7. The van der Waals surface area contributed by atoms with Crippen LogP contribution < -0.4 is 4.74 Å². The first-order valence-electron chi connectivity index (χ1n) is 8.48. The van der Waals surface area contributed by atoms with Crippen LogP contribution in [-0.4, -0.2) is 23.6 Å². The fraction of sp³-hybridized carbons (Fsp3) is 0.238. The lowest BCUT2D eigenvalue weighted by molar-refractivity contribution is 0.415. The van der Waals surface area contributed by atoms with Gasteiger partial charge in [0.15, 0.2) is 0 Å². The van der Waals surface area contributed by atoms with Gasteiger partial charge in [-0.05, 0) is 34.9 Å². The molecule has 1 N–H and O–H groups in total. The van der Waals surface area contributed by atoms with Gasteiger partial charge in [-0.2, -0.15) is 0 Å². The molecule has 0 aliphatic carbocycles. The highest BCUT2D eigenvalue weighted by molar-refractivity contribution is 8.25. The Morgan fingerprint density at radius 2 is 1.76 bits per heavy atom. The number of H-pyrrole nitrogens is 1. The smallest absolute Gasteiger partial charge is 0.118 e. The topological polar surface area (TPSA) is 25.0 Å². The number of ether oxygens (including phenoxy) is 1. The van der Waals surface area contributed by atoms with E-state index < -0.39 is 0 Å². The first-order valence-corrected chi connectivity index (χ1v) is 10.4. The molecule has 1 unspecified atom stereocenters. The van der Waals surface area contributed by atoms with Crippen LogP contribution in [0.2, 0.25) is 0 Å². The minimum Gasteiger partial charge on any atom is -0.497 e. The van der Waals surface area contributed by atoms with E-state index in [-0.39, 0.29) is 0 Å². The molecular weight excluding hydrogens is 346 g/mol. The number of aromatic nitrogens is 1. The fourth-order valence-corrected chi connectivity index (χ4v) is 6.16. The molecule has 0 spiro atoms. The molecule has 1 aliphatic rings. The molecule has 2 heterocycles. The number of benzene rings is 2. The van der Waals surface area contributed by atoms with Gasteiger partial charge >= 0.3 is 0 Å². The summed E-state index contributed by atoms with van der Waals surface area (Å²) in [6.07, 6.45) is 2.17. The highest BCUT2D eigenvalue weighted by atomic mass is 32.2. The van der Waals surface area contributed by atoms with Crippen molar-refractivity contribution in [2.24, 2.45) is 0 Å². The van der Waals surface area contributed by atoms with Crippen molar-refractivity contribution in [3.63, 3.8) is 0 Å². The fourth-order valence-electron chi connectivity index (χ4n) is 3.39. The van der Waals surface area contributed by atoms with Crippen molar-refractivity contribution in [3.8, 4) is 5.75 Å². The number of hydrogen-bond donors (Lipinski definition) is 1. The molecule has 128 valence electrons. The Balaban J connectivity index is 1.81. The van der Waals surface area contributed by atoms with Gasteiger partial charge in [0.25, 0.3) is 0 Å². The third kappa shape index (κ3) is 3.21. The van der Waals surface area contributed by atoms with Crippen molar-refractivity contribution in [2.75, 3.05) is 18.6 Å². The molecule has 0 saturated carbocycles. The SMILES string of the molecule is COc1ccc(C(=C2SCCS2)C(C)c2c[nH]c3ccccc23)cc1. The van der Waals surface area contributed by atoms with E-state index in [4.69, 9.17) is 4.74 Å². The maximum atomic E-state index is 5.33. The van der Waals surface area contributed by atoms with Crippen LogP contribution in [0.15, 0.2) is 59.0 Å². The Hall–Kier alpha value is -1.78. The summed E-state index contributed by atoms with van der Waals surface area (Å²) in [5.41, 5.74) is 5.28. The molecule has 1 aliphatic heterocycles. The number of rotatable bonds is 4. The molecule has 0 amide bonds. The lowest BCUT2D eigenvalue weighted by atomic mass is 9.89. The van der Waals surface area contributed by atoms with Crippen molar-refractivity contribution < 1.29 is 4.74 Å². The number of aromatic amines is 1. The van der Waals surface area contributed by atoms with Gasteiger partial charge in [0.1, 0.15) is 5.75 Å². The molecule has 4 heteroatoms. The Labute approximate surface area is 157 Å². The van der Waals surface area contributed by atoms with Crippen molar-refractivity contribution in [1.82, 2.24) is 4.98 Å². The Morgan fingerprint density at radius 3 is 2.48 bits per heavy atom. The highest BCUT2D eigenvalue weighted by Gasteiger charge is 2.23. The van der Waals surface area contributed by atoms with E-state index in [1.54, 1.807) is 7.11 Å². The summed E-state index contributed by atoms with van der Waals surface area (Å²) in [7, 11) is 1.71. The zero-order chi connectivity index (χ0) is 17.2. The second kappa shape index (κ2) is 7.22. The highest BCUT2D eigenvalue weighted by Crippen LogP contribution is 2.47. The molecule has 25 heavy (non-hydrogen) atoms. The minimum absolute atomic E-state index is 0.331. The van der Waals surface area contributed by atoms with Crippen LogP contribution in [0.3, 0.4) is 0 Å². The van der Waals surface area contributed by atoms with E-state index >= 15 is 0 Å². The largest absolute Gasteiger partial charge is 0.497 e. The standard InChI is InChI=1S/C21H21NOS2/c1-14(18-13-22-19-6-4-3-5-17(18)19)20(21-24-11-12-25-21)15-7-9-16(23-2)10-8-15/h3-10,13-14,22H,11-12H2,1-2H3. The van der Waals surface area contributed by atoms with Crippen LogP contribution in [0.1, 0.15) is 24.0 Å². The lowest BCUT2D eigenvalue weighted by Gasteiger charge is -2.19. The van der Waals surface area contributed by atoms with Gasteiger partial charge < -0.3 is 9.72 Å². The second-order valence-corrected chi connectivity index (χ2v) is 8.61. The van der Waals surface area contributed by atoms with Crippen LogP contribution in [0.5, 0.6) is 5.75 Å². The summed E-state index contributed by atoms with van der Waals surface area (Å²) in [5.74, 6) is 3.62. The average Bonchev–Trinajstić information content (AvgIpc) is 3.32. The summed E-state index contributed by atoms with van der Waals surface area (Å²) >= 11 is 3.97. The Kier molecular flexibility index (Phi) is 4.82. The van der Waals surface area contributed by atoms with E-state index in [0.717, 1.165) is 5.75 Å². The van der Waals surface area contributed by atoms with Crippen LogP contribution in [0.4, 0.5) is 0 Å². The third-order valence-electron chi connectivity index (χ3n) is 4.69. The predicted octanol–water partition coefficient (Wildman–Crippen LogP) is 6.13. The Morgan fingerprint density at radius 1 is 1.04 bits per heavy atom. The van der Waals surface area contributed by atoms with Gasteiger partial charge in [0.05, 0.1) is 7.11 Å². The van der Waals surface area contributed by atoms with Crippen molar-refractivity contribution >= 4 is 40.0 Å². The zero-order valence-electron chi connectivity index (χ0n) is 14.4. The van der Waals surface area contributed by atoms with Gasteiger partial charge in [0.2, 0.25) is 0 Å². The molecule has 1 saturated heterocycles. The van der Waals surface area contributed by atoms with Crippen molar-refractivity contribution in [2.45, 2.75) is 12.8 Å². The molecule has 3 aromatic rings. The summed E-state index contributed by atoms with van der Waals surface area (Å²) in [4.78, 5) is 3.43. The van der Waals surface area contributed by atoms with E-state index in [0.29, 0.717) is 5.92 Å². The molecule has 1 atom stereocenters. The molecule has 0 bridgehead atoms. The number of fused-ring (bicyclic) bond motifs is 1. The zero-order valence-corrected chi connectivity index (χ0v) is 16.0. The number of nitrogens with one attached hydrogen (secondary N) is 1. The normalized spacial score (nSPS) is 15.5. The predicted molar refractivity (Wildman–Crippen MR) is 112 cm³/mol. The van der Waals surface area contributed by atoms with Crippen molar-refractivity contribution in [3.05, 3.63) is 70.1 Å². The lowest BCUT2D eigenvalue weighted by Crippen LogP contribution is -1.99. The molecule has 0 radical (unpaired) electrons. The average molecular weight is 368 g/mol. The molecular formula is C21H21NOS2. The summed E-state index contributed by atoms with van der Waals surface area (Å²) in [5, 5.41) is 1.31. The molecule has 2 aromatic carbocycles. The first-order chi connectivity index (χ1) is 12.3. The summed E-state index contributed by atoms with van der Waals surface area (Å²) in [6.45, 7) is 2.32. The van der Waals surface area contributed by atoms with Crippen molar-refractivity contribution in [1.29, 1.82) is 0 Å². The van der Waals surface area contributed by atoms with Gasteiger partial charge in [0, 0.05) is 38.8 Å². The maximum absolute atomic E-state index is 5.33. The summed E-state index contributed by atoms with van der Waals surface area (Å²) < 4.78 is 6.79. The van der Waals surface area contributed by atoms with E-state index in [1.165, 1.54) is 43.3 Å². The van der Waals surface area contributed by atoms with Gasteiger partial charge in [-0.15, -0.1) is 23.5 Å². The van der Waals surface area contributed by atoms with Crippen LogP contribution in [0, 0.1) is 0 Å². The third-order valence-corrected chi connectivity index (χ3v) is 7.44. The van der Waals surface area contributed by atoms with Crippen LogP contribution in [-0.2, 0) is 0 Å².